The summed E-state index contributed by atoms with van der Waals surface area (Å²) in [5.41, 5.74) is 1.72. The number of para-hydroxylation sites is 1. The summed E-state index contributed by atoms with van der Waals surface area (Å²) in [6.07, 6.45) is 0.365. The molecule has 7 heteroatoms. The topological polar surface area (TPSA) is 58.6 Å². The van der Waals surface area contributed by atoms with Crippen molar-refractivity contribution in [3.8, 4) is 0 Å². The van der Waals surface area contributed by atoms with E-state index in [1.807, 2.05) is 24.3 Å². The Kier molecular flexibility index (Phi) is 4.51. The van der Waals surface area contributed by atoms with Gasteiger partial charge in [0.25, 0.3) is 0 Å². The summed E-state index contributed by atoms with van der Waals surface area (Å²) in [7, 11) is 0. The lowest BCUT2D eigenvalue weighted by atomic mass is 10.1. The molecule has 0 saturated heterocycles. The van der Waals surface area contributed by atoms with E-state index in [1.54, 1.807) is 0 Å². The number of benzene rings is 2. The fourth-order valence-electron chi connectivity index (χ4n) is 3.51. The maximum Gasteiger partial charge on any atom is 0.322 e. The van der Waals surface area contributed by atoms with E-state index >= 15 is 0 Å². The second kappa shape index (κ2) is 6.98. The van der Waals surface area contributed by atoms with E-state index in [4.69, 9.17) is 4.74 Å². The van der Waals surface area contributed by atoms with E-state index in [0.29, 0.717) is 13.0 Å². The highest BCUT2D eigenvalue weighted by atomic mass is 19.1. The van der Waals surface area contributed by atoms with Crippen molar-refractivity contribution in [2.45, 2.75) is 18.9 Å². The Balaban J connectivity index is 1.34. The van der Waals surface area contributed by atoms with Crippen molar-refractivity contribution in [3.63, 3.8) is 0 Å². The average Bonchev–Trinajstić information content (AvgIpc) is 3.44. The standard InChI is InChI=1S/C20H18F2N2O3/c21-15-5-3-6-16(22)18(15)13-10-14(13)19(25)27-9-8-24-17-7-2-1-4-12(17)11-23-20(24)26/h1-7,13-14H,8-11H2,(H,23,26). The lowest BCUT2D eigenvalue weighted by Gasteiger charge is -2.29. The molecule has 2 atom stereocenters. The molecule has 27 heavy (non-hydrogen) atoms. The summed E-state index contributed by atoms with van der Waals surface area (Å²) in [6, 6.07) is 10.9. The number of amides is 2. The monoisotopic (exact) mass is 372 g/mol. The molecule has 2 aromatic carbocycles. The molecule has 1 aliphatic carbocycles. The van der Waals surface area contributed by atoms with Crippen molar-refractivity contribution in [2.24, 2.45) is 5.92 Å². The van der Waals surface area contributed by atoms with Crippen molar-refractivity contribution < 1.29 is 23.1 Å². The summed E-state index contributed by atoms with van der Waals surface area (Å²) in [4.78, 5) is 25.8. The van der Waals surface area contributed by atoms with Crippen LogP contribution < -0.4 is 10.2 Å². The van der Waals surface area contributed by atoms with Crippen LogP contribution in [-0.4, -0.2) is 25.2 Å². The number of halogens is 2. The Hall–Kier alpha value is -2.96. The average molecular weight is 372 g/mol. The van der Waals surface area contributed by atoms with Crippen LogP contribution in [-0.2, 0) is 16.1 Å². The number of ether oxygens (including phenoxy) is 1. The number of nitrogens with zero attached hydrogens (tertiary/aromatic N) is 1. The normalized spacial score (nSPS) is 20.7. The molecule has 1 fully saturated rings. The van der Waals surface area contributed by atoms with Crippen LogP contribution in [0.5, 0.6) is 0 Å². The third-order valence-electron chi connectivity index (χ3n) is 4.98. The molecule has 1 aliphatic heterocycles. The number of rotatable bonds is 5. The molecule has 1 heterocycles. The van der Waals surface area contributed by atoms with Gasteiger partial charge in [-0.2, -0.15) is 0 Å². The van der Waals surface area contributed by atoms with E-state index in [0.717, 1.165) is 11.3 Å². The number of urea groups is 1. The van der Waals surface area contributed by atoms with Crippen molar-refractivity contribution in [2.75, 3.05) is 18.1 Å². The Morgan fingerprint density at radius 3 is 2.67 bits per heavy atom. The molecular formula is C20H18F2N2O3. The molecule has 2 unspecified atom stereocenters. The minimum Gasteiger partial charge on any atom is -0.464 e. The van der Waals surface area contributed by atoms with Crippen LogP contribution in [0.15, 0.2) is 42.5 Å². The fraction of sp³-hybridized carbons (Fsp3) is 0.300. The van der Waals surface area contributed by atoms with Crippen molar-refractivity contribution in [3.05, 3.63) is 65.2 Å². The van der Waals surface area contributed by atoms with Crippen LogP contribution in [0.3, 0.4) is 0 Å². The molecule has 2 amide bonds. The van der Waals surface area contributed by atoms with Gasteiger partial charge in [-0.1, -0.05) is 24.3 Å². The van der Waals surface area contributed by atoms with Gasteiger partial charge in [0.1, 0.15) is 18.2 Å². The van der Waals surface area contributed by atoms with Gasteiger partial charge in [-0.05, 0) is 30.2 Å². The highest BCUT2D eigenvalue weighted by Crippen LogP contribution is 2.49. The van der Waals surface area contributed by atoms with Gasteiger partial charge < -0.3 is 10.1 Å². The van der Waals surface area contributed by atoms with Crippen molar-refractivity contribution >= 4 is 17.7 Å². The molecular weight excluding hydrogens is 354 g/mol. The van der Waals surface area contributed by atoms with E-state index in [2.05, 4.69) is 5.32 Å². The number of carbonyl (C=O) groups excluding carboxylic acids is 2. The predicted molar refractivity (Wildman–Crippen MR) is 94.2 cm³/mol. The second-order valence-corrected chi connectivity index (χ2v) is 6.69. The minimum absolute atomic E-state index is 0.0174. The Morgan fingerprint density at radius 1 is 1.15 bits per heavy atom. The van der Waals surface area contributed by atoms with E-state index in [1.165, 1.54) is 23.1 Å². The highest BCUT2D eigenvalue weighted by molar-refractivity contribution is 5.94. The molecule has 140 valence electrons. The number of esters is 1. The Bertz CT molecular complexity index is 882. The summed E-state index contributed by atoms with van der Waals surface area (Å²) in [6.45, 7) is 0.687. The second-order valence-electron chi connectivity index (χ2n) is 6.69. The van der Waals surface area contributed by atoms with Crippen LogP contribution in [0, 0.1) is 17.6 Å². The first-order chi connectivity index (χ1) is 13.1. The van der Waals surface area contributed by atoms with Crippen molar-refractivity contribution in [1.82, 2.24) is 5.32 Å². The van der Waals surface area contributed by atoms with Crippen molar-refractivity contribution in [1.29, 1.82) is 0 Å². The third-order valence-corrected chi connectivity index (χ3v) is 4.98. The van der Waals surface area contributed by atoms with Gasteiger partial charge in [-0.3, -0.25) is 9.69 Å². The fourth-order valence-corrected chi connectivity index (χ4v) is 3.51. The van der Waals surface area contributed by atoms with Crippen LogP contribution in [0.1, 0.15) is 23.5 Å². The van der Waals surface area contributed by atoms with Gasteiger partial charge in [-0.25, -0.2) is 13.6 Å². The molecule has 2 aromatic rings. The van der Waals surface area contributed by atoms with Gasteiger partial charge in [0, 0.05) is 18.0 Å². The molecule has 0 spiro atoms. The molecule has 2 aliphatic rings. The summed E-state index contributed by atoms with van der Waals surface area (Å²) in [5, 5.41) is 2.77. The molecule has 0 aromatic heterocycles. The SMILES string of the molecule is O=C(OCCN1C(=O)NCc2ccccc21)C1CC1c1c(F)cccc1F. The number of fused-ring (bicyclic) bond motifs is 1. The Labute approximate surface area is 154 Å². The largest absolute Gasteiger partial charge is 0.464 e. The zero-order chi connectivity index (χ0) is 19.0. The maximum atomic E-state index is 13.8. The molecule has 1 saturated carbocycles. The smallest absolute Gasteiger partial charge is 0.322 e. The lowest BCUT2D eigenvalue weighted by Crippen LogP contribution is -2.45. The number of hydrogen-bond donors (Lipinski definition) is 1. The summed E-state index contributed by atoms with van der Waals surface area (Å²) < 4.78 is 32.9. The van der Waals surface area contributed by atoms with E-state index < -0.39 is 29.4 Å². The highest BCUT2D eigenvalue weighted by Gasteiger charge is 2.47. The van der Waals surface area contributed by atoms with Gasteiger partial charge >= 0.3 is 12.0 Å². The van der Waals surface area contributed by atoms with Crippen LogP contribution in [0.4, 0.5) is 19.3 Å². The lowest BCUT2D eigenvalue weighted by molar-refractivity contribution is -0.145. The number of hydrogen-bond acceptors (Lipinski definition) is 3. The first-order valence-electron chi connectivity index (χ1n) is 8.80. The quantitative estimate of drug-likeness (QED) is 0.819. The van der Waals surface area contributed by atoms with Gasteiger partial charge in [0.05, 0.1) is 18.2 Å². The molecule has 5 nitrogen and oxygen atoms in total. The Morgan fingerprint density at radius 2 is 1.89 bits per heavy atom. The van der Waals surface area contributed by atoms with Gasteiger partial charge in [0.2, 0.25) is 0 Å². The number of carbonyl (C=O) groups is 2. The maximum absolute atomic E-state index is 13.8. The van der Waals surface area contributed by atoms with Gasteiger partial charge in [-0.15, -0.1) is 0 Å². The van der Waals surface area contributed by atoms with E-state index in [9.17, 15) is 18.4 Å². The first-order valence-corrected chi connectivity index (χ1v) is 8.80. The van der Waals surface area contributed by atoms with Crippen LogP contribution >= 0.6 is 0 Å². The van der Waals surface area contributed by atoms with Crippen LogP contribution in [0.2, 0.25) is 0 Å². The van der Waals surface area contributed by atoms with Gasteiger partial charge in [0.15, 0.2) is 0 Å². The minimum atomic E-state index is -0.642. The number of anilines is 1. The summed E-state index contributed by atoms with van der Waals surface area (Å²) in [5.74, 6) is -2.81. The molecule has 1 N–H and O–H groups in total. The third kappa shape index (κ3) is 3.37. The first kappa shape index (κ1) is 17.5. The predicted octanol–water partition coefficient (Wildman–Crippen LogP) is 3.34. The number of nitrogens with one attached hydrogen (secondary N) is 1. The zero-order valence-electron chi connectivity index (χ0n) is 14.5. The molecule has 4 rings (SSSR count). The molecule has 0 bridgehead atoms. The zero-order valence-corrected chi connectivity index (χ0v) is 14.5. The molecule has 0 radical (unpaired) electrons. The van der Waals surface area contributed by atoms with E-state index in [-0.39, 0.29) is 24.7 Å². The summed E-state index contributed by atoms with van der Waals surface area (Å²) >= 11 is 0. The van der Waals surface area contributed by atoms with Crippen LogP contribution in [0.25, 0.3) is 0 Å².